The van der Waals surface area contributed by atoms with Crippen LogP contribution in [0.1, 0.15) is 20.3 Å². The average molecular weight is 212 g/mol. The van der Waals surface area contributed by atoms with Crippen molar-refractivity contribution in [2.75, 3.05) is 6.54 Å². The van der Waals surface area contributed by atoms with Crippen molar-refractivity contribution in [2.45, 2.75) is 38.5 Å². The highest BCUT2D eigenvalue weighted by Gasteiger charge is 2.46. The third kappa shape index (κ3) is 1.61. The first kappa shape index (κ1) is 10.4. The van der Waals surface area contributed by atoms with Gasteiger partial charge in [0.2, 0.25) is 11.8 Å². The van der Waals surface area contributed by atoms with Crippen LogP contribution in [-0.2, 0) is 9.59 Å². The molecule has 2 heterocycles. The minimum absolute atomic E-state index is 0.0637. The minimum Gasteiger partial charge on any atom is -0.391 e. The molecule has 5 heteroatoms. The zero-order valence-corrected chi connectivity index (χ0v) is 8.93. The summed E-state index contributed by atoms with van der Waals surface area (Å²) in [5.74, 6) is -0.115. The van der Waals surface area contributed by atoms with Crippen molar-refractivity contribution in [3.63, 3.8) is 0 Å². The monoisotopic (exact) mass is 212 g/mol. The summed E-state index contributed by atoms with van der Waals surface area (Å²) in [7, 11) is 0. The van der Waals surface area contributed by atoms with E-state index in [9.17, 15) is 14.7 Å². The zero-order chi connectivity index (χ0) is 11.2. The predicted molar refractivity (Wildman–Crippen MR) is 52.9 cm³/mol. The lowest BCUT2D eigenvalue weighted by Gasteiger charge is -2.36. The number of hydrogen-bond donors (Lipinski definition) is 2. The number of fused-ring (bicyclic) bond motifs is 1. The molecule has 84 valence electrons. The Morgan fingerprint density at radius 2 is 2.13 bits per heavy atom. The zero-order valence-electron chi connectivity index (χ0n) is 8.93. The highest BCUT2D eigenvalue weighted by atomic mass is 16.3. The molecule has 2 amide bonds. The molecule has 2 fully saturated rings. The largest absolute Gasteiger partial charge is 0.391 e. The Hall–Kier alpha value is -1.10. The van der Waals surface area contributed by atoms with Crippen molar-refractivity contribution in [2.24, 2.45) is 5.92 Å². The standard InChI is InChI=1S/C10H16N2O3/c1-5(2)8-10(15)12-4-6(13)3-7(12)9(14)11-8/h5-8,13H,3-4H2,1-2H3,(H,11,14)/t6-,7-,8+/m1/s1. The number of nitrogens with one attached hydrogen (secondary N) is 1. The third-order valence-corrected chi connectivity index (χ3v) is 3.10. The van der Waals surface area contributed by atoms with E-state index in [0.717, 1.165) is 0 Å². The van der Waals surface area contributed by atoms with Crippen LogP contribution in [0, 0.1) is 5.92 Å². The van der Waals surface area contributed by atoms with Crippen LogP contribution in [0.25, 0.3) is 0 Å². The molecule has 2 aliphatic rings. The second kappa shape index (κ2) is 3.48. The molecule has 2 N–H and O–H groups in total. The summed E-state index contributed by atoms with van der Waals surface area (Å²) < 4.78 is 0. The van der Waals surface area contributed by atoms with Gasteiger partial charge in [-0.1, -0.05) is 13.8 Å². The van der Waals surface area contributed by atoms with E-state index in [1.54, 1.807) is 0 Å². The normalized spacial score (nSPS) is 35.7. The Morgan fingerprint density at radius 3 is 2.73 bits per heavy atom. The van der Waals surface area contributed by atoms with Crippen molar-refractivity contribution in [3.8, 4) is 0 Å². The molecule has 2 saturated heterocycles. The quantitative estimate of drug-likeness (QED) is 0.592. The van der Waals surface area contributed by atoms with Crippen molar-refractivity contribution in [3.05, 3.63) is 0 Å². The Labute approximate surface area is 88.4 Å². The van der Waals surface area contributed by atoms with Crippen LogP contribution in [0.15, 0.2) is 0 Å². The molecule has 0 aliphatic carbocycles. The molecular weight excluding hydrogens is 196 g/mol. The lowest BCUT2D eigenvalue weighted by molar-refractivity contribution is -0.148. The van der Waals surface area contributed by atoms with E-state index in [1.807, 2.05) is 13.8 Å². The van der Waals surface area contributed by atoms with Crippen molar-refractivity contribution >= 4 is 11.8 Å². The van der Waals surface area contributed by atoms with Crippen LogP contribution in [0.3, 0.4) is 0 Å². The first-order valence-corrected chi connectivity index (χ1v) is 5.29. The van der Waals surface area contributed by atoms with Gasteiger partial charge in [-0.15, -0.1) is 0 Å². The van der Waals surface area contributed by atoms with Gasteiger partial charge in [0, 0.05) is 13.0 Å². The van der Waals surface area contributed by atoms with E-state index in [1.165, 1.54) is 4.90 Å². The van der Waals surface area contributed by atoms with E-state index in [-0.39, 0.29) is 17.7 Å². The second-order valence-electron chi connectivity index (χ2n) is 4.63. The predicted octanol–water partition coefficient (Wildman–Crippen LogP) is -0.897. The van der Waals surface area contributed by atoms with Gasteiger partial charge >= 0.3 is 0 Å². The van der Waals surface area contributed by atoms with Gasteiger partial charge in [-0.25, -0.2) is 0 Å². The SMILES string of the molecule is CC(C)[C@@H]1NC(=O)[C@H]2C[C@@H](O)CN2C1=O. The second-order valence-corrected chi connectivity index (χ2v) is 4.63. The van der Waals surface area contributed by atoms with Gasteiger partial charge in [0.1, 0.15) is 12.1 Å². The number of aliphatic hydroxyl groups is 1. The van der Waals surface area contributed by atoms with Crippen molar-refractivity contribution in [1.82, 2.24) is 10.2 Å². The number of piperazine rings is 1. The maximum absolute atomic E-state index is 11.9. The number of aliphatic hydroxyl groups excluding tert-OH is 1. The fourth-order valence-electron chi connectivity index (χ4n) is 2.25. The Balaban J connectivity index is 2.21. The van der Waals surface area contributed by atoms with Gasteiger partial charge < -0.3 is 15.3 Å². The molecule has 0 bridgehead atoms. The van der Waals surface area contributed by atoms with E-state index in [0.29, 0.717) is 13.0 Å². The van der Waals surface area contributed by atoms with Crippen LogP contribution >= 0.6 is 0 Å². The summed E-state index contributed by atoms with van der Waals surface area (Å²) in [6, 6.07) is -0.887. The molecular formula is C10H16N2O3. The Bertz CT molecular complexity index is 303. The minimum atomic E-state index is -0.560. The molecule has 5 nitrogen and oxygen atoms in total. The van der Waals surface area contributed by atoms with Crippen molar-refractivity contribution < 1.29 is 14.7 Å². The van der Waals surface area contributed by atoms with E-state index < -0.39 is 18.2 Å². The summed E-state index contributed by atoms with van der Waals surface area (Å²) in [5, 5.41) is 12.2. The maximum atomic E-state index is 11.9. The molecule has 15 heavy (non-hydrogen) atoms. The molecule has 2 rings (SSSR count). The molecule has 0 unspecified atom stereocenters. The van der Waals surface area contributed by atoms with Crippen LogP contribution in [0.5, 0.6) is 0 Å². The number of carbonyl (C=O) groups excluding carboxylic acids is 2. The molecule has 3 atom stereocenters. The highest BCUT2D eigenvalue weighted by molar-refractivity contribution is 5.97. The molecule has 0 aromatic carbocycles. The summed E-state index contributed by atoms with van der Waals surface area (Å²) in [5.41, 5.74) is 0. The average Bonchev–Trinajstić information content (AvgIpc) is 2.53. The Kier molecular flexibility index (Phi) is 2.42. The Morgan fingerprint density at radius 1 is 1.47 bits per heavy atom. The highest BCUT2D eigenvalue weighted by Crippen LogP contribution is 2.24. The lowest BCUT2D eigenvalue weighted by Crippen LogP contribution is -2.62. The van der Waals surface area contributed by atoms with E-state index in [2.05, 4.69) is 5.32 Å². The van der Waals surface area contributed by atoms with Crippen LogP contribution in [0.2, 0.25) is 0 Å². The van der Waals surface area contributed by atoms with Gasteiger partial charge in [0.05, 0.1) is 6.10 Å². The summed E-state index contributed by atoms with van der Waals surface area (Å²) in [6.07, 6.45) is -0.196. The van der Waals surface area contributed by atoms with Crippen LogP contribution in [0.4, 0.5) is 0 Å². The van der Waals surface area contributed by atoms with E-state index in [4.69, 9.17) is 0 Å². The number of hydrogen-bond acceptors (Lipinski definition) is 3. The van der Waals surface area contributed by atoms with Gasteiger partial charge in [0.15, 0.2) is 0 Å². The summed E-state index contributed by atoms with van der Waals surface area (Å²) in [4.78, 5) is 25.1. The molecule has 0 spiro atoms. The van der Waals surface area contributed by atoms with Gasteiger partial charge in [0.25, 0.3) is 0 Å². The first-order valence-electron chi connectivity index (χ1n) is 5.29. The number of rotatable bonds is 1. The fourth-order valence-corrected chi connectivity index (χ4v) is 2.25. The maximum Gasteiger partial charge on any atom is 0.246 e. The van der Waals surface area contributed by atoms with Gasteiger partial charge in [-0.05, 0) is 5.92 Å². The number of carbonyl (C=O) groups is 2. The lowest BCUT2D eigenvalue weighted by atomic mass is 9.99. The van der Waals surface area contributed by atoms with Gasteiger partial charge in [-0.3, -0.25) is 9.59 Å². The molecule has 0 aromatic heterocycles. The van der Waals surface area contributed by atoms with E-state index >= 15 is 0 Å². The number of nitrogens with zero attached hydrogens (tertiary/aromatic N) is 1. The smallest absolute Gasteiger partial charge is 0.246 e. The van der Waals surface area contributed by atoms with Gasteiger partial charge in [-0.2, -0.15) is 0 Å². The molecule has 0 radical (unpaired) electrons. The topological polar surface area (TPSA) is 69.6 Å². The van der Waals surface area contributed by atoms with Crippen LogP contribution in [-0.4, -0.2) is 46.6 Å². The van der Waals surface area contributed by atoms with Crippen molar-refractivity contribution in [1.29, 1.82) is 0 Å². The summed E-state index contributed by atoms with van der Waals surface area (Å²) >= 11 is 0. The van der Waals surface area contributed by atoms with Crippen LogP contribution < -0.4 is 5.32 Å². The molecule has 2 aliphatic heterocycles. The summed E-state index contributed by atoms with van der Waals surface area (Å²) in [6.45, 7) is 4.09. The molecule has 0 saturated carbocycles. The first-order chi connectivity index (χ1) is 7.00. The number of amides is 2. The third-order valence-electron chi connectivity index (χ3n) is 3.10. The molecule has 0 aromatic rings. The fraction of sp³-hybridized carbons (Fsp3) is 0.800.